The average Bonchev–Trinajstić information content (AvgIpc) is 2.38. The van der Waals surface area contributed by atoms with Gasteiger partial charge in [0.2, 0.25) is 0 Å². The van der Waals surface area contributed by atoms with Crippen LogP contribution in [0.5, 0.6) is 0 Å². The second-order valence-corrected chi connectivity index (χ2v) is 7.10. The minimum Gasteiger partial charge on any atom is -0.370 e. The fourth-order valence-corrected chi connectivity index (χ4v) is 3.90. The molecule has 1 heterocycles. The number of anilines is 1. The third kappa shape index (κ3) is 3.96. The number of para-hydroxylation sites is 1. The number of hydrogen-bond acceptors (Lipinski definition) is 3. The lowest BCUT2D eigenvalue weighted by atomic mass is 10.2. The molecule has 0 aliphatic carbocycles. The molecule has 104 valence electrons. The summed E-state index contributed by atoms with van der Waals surface area (Å²) in [4.78, 5) is 4.14. The zero-order chi connectivity index (χ0) is 13.7. The van der Waals surface area contributed by atoms with Crippen molar-refractivity contribution in [1.82, 2.24) is 0 Å². The van der Waals surface area contributed by atoms with E-state index in [0.29, 0.717) is 6.42 Å². The first-order chi connectivity index (χ1) is 9.08. The zero-order valence-corrected chi connectivity index (χ0v) is 11.6. The summed E-state index contributed by atoms with van der Waals surface area (Å²) in [6.45, 7) is 0.244. The molecule has 0 radical (unpaired) electrons. The Morgan fingerprint density at radius 3 is 2.74 bits per heavy atom. The quantitative estimate of drug-likeness (QED) is 0.647. The largest absolute Gasteiger partial charge is 0.370 e. The molecule has 2 rings (SSSR count). The lowest BCUT2D eigenvalue weighted by Gasteiger charge is -2.20. The van der Waals surface area contributed by atoms with Crippen LogP contribution in [-0.2, 0) is 9.84 Å². The van der Waals surface area contributed by atoms with Crippen molar-refractivity contribution >= 4 is 21.5 Å². The van der Waals surface area contributed by atoms with E-state index in [1.54, 1.807) is 0 Å². The van der Waals surface area contributed by atoms with Crippen molar-refractivity contribution in [3.63, 3.8) is 0 Å². The molecule has 1 aromatic carbocycles. The van der Waals surface area contributed by atoms with E-state index in [9.17, 15) is 8.42 Å². The van der Waals surface area contributed by atoms with Gasteiger partial charge < -0.3 is 11.1 Å². The second kappa shape index (κ2) is 6.06. The Morgan fingerprint density at radius 2 is 2.05 bits per heavy atom. The lowest BCUT2D eigenvalue weighted by molar-refractivity contribution is 0.541. The smallest absolute Gasteiger partial charge is 0.193 e. The highest BCUT2D eigenvalue weighted by atomic mass is 32.2. The van der Waals surface area contributed by atoms with Crippen LogP contribution in [-0.4, -0.2) is 31.9 Å². The van der Waals surface area contributed by atoms with E-state index < -0.39 is 9.84 Å². The number of aliphatic imine (C=N–C) groups is 1. The van der Waals surface area contributed by atoms with E-state index in [1.807, 2.05) is 30.3 Å². The van der Waals surface area contributed by atoms with Gasteiger partial charge in [-0.25, -0.2) is 8.42 Å². The minimum absolute atomic E-state index is 0.244. The number of guanidine groups is 1. The molecular formula is C13H19N3O2S. The number of benzene rings is 1. The standard InChI is InChI=1S/C13H19N3O2S/c14-13(16-11-6-2-1-3-7-11)15-10-12-8-4-5-9-19(12,17)18/h1-3,6-7,12H,4-5,8-10H2,(H3,14,15,16). The Balaban J connectivity index is 1.94. The average molecular weight is 281 g/mol. The summed E-state index contributed by atoms with van der Waals surface area (Å²) in [5.74, 6) is 0.533. The number of hydrogen-bond donors (Lipinski definition) is 2. The van der Waals surface area contributed by atoms with Crippen molar-refractivity contribution in [3.05, 3.63) is 30.3 Å². The number of sulfone groups is 1. The molecule has 1 fully saturated rings. The van der Waals surface area contributed by atoms with Gasteiger partial charge in [-0.1, -0.05) is 24.6 Å². The Bertz CT molecular complexity index is 540. The lowest BCUT2D eigenvalue weighted by Crippen LogP contribution is -2.32. The van der Waals surface area contributed by atoms with Crippen LogP contribution in [0.4, 0.5) is 5.69 Å². The summed E-state index contributed by atoms with van der Waals surface area (Å²) >= 11 is 0. The first-order valence-corrected chi connectivity index (χ1v) is 8.13. The first-order valence-electron chi connectivity index (χ1n) is 6.41. The van der Waals surface area contributed by atoms with Gasteiger partial charge in [0.25, 0.3) is 0 Å². The van der Waals surface area contributed by atoms with Crippen LogP contribution in [0.1, 0.15) is 19.3 Å². The van der Waals surface area contributed by atoms with Crippen molar-refractivity contribution in [2.45, 2.75) is 24.5 Å². The molecule has 1 aliphatic rings. The summed E-state index contributed by atoms with van der Waals surface area (Å²) in [5.41, 5.74) is 6.60. The molecule has 1 aliphatic heterocycles. The molecule has 6 heteroatoms. The van der Waals surface area contributed by atoms with E-state index in [-0.39, 0.29) is 23.5 Å². The molecule has 0 spiro atoms. The van der Waals surface area contributed by atoms with E-state index in [1.165, 1.54) is 0 Å². The fraction of sp³-hybridized carbons (Fsp3) is 0.462. The normalized spacial score (nSPS) is 22.9. The number of nitrogens with one attached hydrogen (secondary N) is 1. The van der Waals surface area contributed by atoms with Crippen molar-refractivity contribution in [3.8, 4) is 0 Å². The third-order valence-electron chi connectivity index (χ3n) is 3.22. The van der Waals surface area contributed by atoms with E-state index in [4.69, 9.17) is 5.73 Å². The molecule has 19 heavy (non-hydrogen) atoms. The van der Waals surface area contributed by atoms with E-state index in [2.05, 4.69) is 10.3 Å². The van der Waals surface area contributed by atoms with Crippen LogP contribution in [0.25, 0.3) is 0 Å². The van der Waals surface area contributed by atoms with Crippen LogP contribution in [0, 0.1) is 0 Å². The summed E-state index contributed by atoms with van der Waals surface area (Å²) < 4.78 is 23.6. The van der Waals surface area contributed by atoms with Crippen LogP contribution >= 0.6 is 0 Å². The Hall–Kier alpha value is -1.56. The molecule has 0 aromatic heterocycles. The van der Waals surface area contributed by atoms with E-state index >= 15 is 0 Å². The van der Waals surface area contributed by atoms with Gasteiger partial charge in [0.1, 0.15) is 0 Å². The van der Waals surface area contributed by atoms with Gasteiger partial charge in [0.05, 0.1) is 17.5 Å². The highest BCUT2D eigenvalue weighted by Crippen LogP contribution is 2.19. The fourth-order valence-electron chi connectivity index (χ4n) is 2.14. The Kier molecular flexibility index (Phi) is 4.42. The van der Waals surface area contributed by atoms with Crippen molar-refractivity contribution in [1.29, 1.82) is 0 Å². The van der Waals surface area contributed by atoms with Crippen LogP contribution in [0.2, 0.25) is 0 Å². The Labute approximate surface area is 113 Å². The van der Waals surface area contributed by atoms with Crippen molar-refractivity contribution in [2.24, 2.45) is 10.7 Å². The molecule has 1 unspecified atom stereocenters. The molecule has 0 saturated carbocycles. The van der Waals surface area contributed by atoms with Crippen molar-refractivity contribution in [2.75, 3.05) is 17.6 Å². The summed E-state index contributed by atoms with van der Waals surface area (Å²) in [6, 6.07) is 9.44. The number of rotatable bonds is 3. The zero-order valence-electron chi connectivity index (χ0n) is 10.7. The van der Waals surface area contributed by atoms with Gasteiger partial charge in [-0.05, 0) is 25.0 Å². The summed E-state index contributed by atoms with van der Waals surface area (Å²) in [7, 11) is -2.98. The van der Waals surface area contributed by atoms with Crippen molar-refractivity contribution < 1.29 is 8.42 Å². The molecule has 1 atom stereocenters. The maximum absolute atomic E-state index is 11.8. The Morgan fingerprint density at radius 1 is 1.32 bits per heavy atom. The SMILES string of the molecule is NC(=NCC1CCCCS1(=O)=O)Nc1ccccc1. The molecule has 0 amide bonds. The maximum Gasteiger partial charge on any atom is 0.193 e. The summed E-state index contributed by atoms with van der Waals surface area (Å²) in [6.07, 6.45) is 2.40. The van der Waals surface area contributed by atoms with Crippen LogP contribution in [0.3, 0.4) is 0 Å². The first kappa shape index (κ1) is 13.9. The van der Waals surface area contributed by atoms with Gasteiger partial charge in [-0.15, -0.1) is 0 Å². The molecule has 1 aromatic rings. The van der Waals surface area contributed by atoms with Gasteiger partial charge in [-0.2, -0.15) is 0 Å². The summed E-state index contributed by atoms with van der Waals surface area (Å²) in [5, 5.41) is 2.56. The molecule has 0 bridgehead atoms. The predicted molar refractivity (Wildman–Crippen MR) is 78.0 cm³/mol. The van der Waals surface area contributed by atoms with Gasteiger partial charge in [-0.3, -0.25) is 4.99 Å². The van der Waals surface area contributed by atoms with Crippen LogP contribution in [0.15, 0.2) is 35.3 Å². The molecule has 1 saturated heterocycles. The van der Waals surface area contributed by atoms with Crippen LogP contribution < -0.4 is 11.1 Å². The number of nitrogens with two attached hydrogens (primary N) is 1. The predicted octanol–water partition coefficient (Wildman–Crippen LogP) is 1.38. The maximum atomic E-state index is 11.8. The monoisotopic (exact) mass is 281 g/mol. The minimum atomic E-state index is -2.98. The second-order valence-electron chi connectivity index (χ2n) is 4.70. The molecule has 5 nitrogen and oxygen atoms in total. The highest BCUT2D eigenvalue weighted by Gasteiger charge is 2.28. The van der Waals surface area contributed by atoms with Gasteiger partial charge in [0, 0.05) is 5.69 Å². The number of nitrogens with zero attached hydrogens (tertiary/aromatic N) is 1. The van der Waals surface area contributed by atoms with Gasteiger partial charge in [0.15, 0.2) is 15.8 Å². The third-order valence-corrected chi connectivity index (χ3v) is 5.48. The van der Waals surface area contributed by atoms with Gasteiger partial charge >= 0.3 is 0 Å². The molecular weight excluding hydrogens is 262 g/mol. The molecule has 3 N–H and O–H groups in total. The highest BCUT2D eigenvalue weighted by molar-refractivity contribution is 7.92. The topological polar surface area (TPSA) is 84.5 Å². The van der Waals surface area contributed by atoms with E-state index in [0.717, 1.165) is 18.5 Å².